The van der Waals surface area contributed by atoms with Crippen LogP contribution in [0, 0.1) is 0 Å². The Kier molecular flexibility index (Phi) is 4.75. The fourth-order valence-electron chi connectivity index (χ4n) is 2.27. The second-order valence-electron chi connectivity index (χ2n) is 5.40. The number of amidine groups is 1. The molecule has 1 amide bonds. The number of aromatic nitrogens is 2. The zero-order valence-electron chi connectivity index (χ0n) is 13.7. The molecule has 0 aliphatic rings. The monoisotopic (exact) mass is 346 g/mol. The molecule has 6 N–H and O–H groups in total. The van der Waals surface area contributed by atoms with E-state index in [1.807, 2.05) is 0 Å². The van der Waals surface area contributed by atoms with E-state index in [1.54, 1.807) is 54.6 Å². The van der Waals surface area contributed by atoms with Gasteiger partial charge in [-0.05, 0) is 29.8 Å². The Labute approximate surface area is 149 Å². The summed E-state index contributed by atoms with van der Waals surface area (Å²) < 4.78 is 0. The number of anilines is 4. The van der Waals surface area contributed by atoms with Gasteiger partial charge in [-0.2, -0.15) is 4.98 Å². The van der Waals surface area contributed by atoms with Crippen molar-refractivity contribution in [1.29, 1.82) is 0 Å². The molecule has 0 fully saturated rings. The van der Waals surface area contributed by atoms with Crippen LogP contribution in [0.2, 0.25) is 0 Å². The lowest BCUT2D eigenvalue weighted by molar-refractivity contribution is 0.0977. The number of nitrogen functional groups attached to an aromatic ring is 2. The minimum Gasteiger partial charge on any atom is -0.464 e. The molecule has 1 heterocycles. The minimum absolute atomic E-state index is 0.134. The first-order chi connectivity index (χ1) is 12.5. The quantitative estimate of drug-likeness (QED) is 0.324. The number of nitrogens with two attached hydrogens (primary N) is 2. The van der Waals surface area contributed by atoms with E-state index in [0.717, 1.165) is 0 Å². The molecule has 130 valence electrons. The number of carbonyl (C=O) groups excluding carboxylic acids is 1. The van der Waals surface area contributed by atoms with Gasteiger partial charge in [-0.1, -0.05) is 36.2 Å². The summed E-state index contributed by atoms with van der Waals surface area (Å²) in [5.74, 6) is -0.164. The van der Waals surface area contributed by atoms with Crippen molar-refractivity contribution in [2.24, 2.45) is 0 Å². The van der Waals surface area contributed by atoms with E-state index < -0.39 is 5.91 Å². The van der Waals surface area contributed by atoms with Gasteiger partial charge in [0, 0.05) is 23.1 Å². The Morgan fingerprint density at radius 3 is 2.54 bits per heavy atom. The molecular weight excluding hydrogens is 330 g/mol. The Morgan fingerprint density at radius 2 is 1.81 bits per heavy atom. The Balaban J connectivity index is 1.78. The van der Waals surface area contributed by atoms with Crippen molar-refractivity contribution in [2.75, 3.05) is 16.8 Å². The molecule has 3 aromatic rings. The van der Waals surface area contributed by atoms with Gasteiger partial charge in [-0.15, -0.1) is 0 Å². The number of benzene rings is 2. The minimum atomic E-state index is -0.440. The highest BCUT2D eigenvalue weighted by Crippen LogP contribution is 2.21. The molecule has 0 saturated carbocycles. The van der Waals surface area contributed by atoms with Gasteiger partial charge < -0.3 is 27.5 Å². The van der Waals surface area contributed by atoms with Gasteiger partial charge in [0.2, 0.25) is 5.95 Å². The Hall–Kier alpha value is -3.94. The van der Waals surface area contributed by atoms with Crippen LogP contribution in [0.15, 0.2) is 60.8 Å². The van der Waals surface area contributed by atoms with Crippen LogP contribution in [0.5, 0.6) is 0 Å². The number of nitrogens with one attached hydrogen (secondary N) is 2. The van der Waals surface area contributed by atoms with Gasteiger partial charge in [0.05, 0.1) is 0 Å². The van der Waals surface area contributed by atoms with Crippen LogP contribution < -0.4 is 22.1 Å². The molecule has 0 radical (unpaired) electrons. The van der Waals surface area contributed by atoms with Crippen LogP contribution in [0.25, 0.3) is 5.41 Å². The summed E-state index contributed by atoms with van der Waals surface area (Å²) in [5, 5.41) is 15.8. The first-order valence-electron chi connectivity index (χ1n) is 7.70. The number of hydrogen-bond acceptors (Lipinski definition) is 6. The Bertz CT molecular complexity index is 957. The summed E-state index contributed by atoms with van der Waals surface area (Å²) in [4.78, 5) is 20.0. The fraction of sp³-hybridized carbons (Fsp3) is 0. The third-order valence-electron chi connectivity index (χ3n) is 3.52. The molecule has 3 rings (SSSR count). The molecule has 0 bridgehead atoms. The fourth-order valence-corrected chi connectivity index (χ4v) is 2.27. The number of amides is 1. The van der Waals surface area contributed by atoms with E-state index in [4.69, 9.17) is 11.5 Å². The largest absolute Gasteiger partial charge is 0.464 e. The second kappa shape index (κ2) is 7.31. The SMILES string of the molecule is [N-]=C(NC(=O)c1ccccc1)c1cc(Nc2ccnc(N)n2)ccc1N. The molecule has 0 atom stereocenters. The van der Waals surface area contributed by atoms with Crippen molar-refractivity contribution >= 4 is 34.9 Å². The third kappa shape index (κ3) is 3.93. The number of hydrogen-bond donors (Lipinski definition) is 4. The first-order valence-corrected chi connectivity index (χ1v) is 7.70. The van der Waals surface area contributed by atoms with E-state index in [0.29, 0.717) is 22.8 Å². The molecule has 0 aliphatic heterocycles. The molecule has 0 saturated heterocycles. The predicted octanol–water partition coefficient (Wildman–Crippen LogP) is 2.13. The Morgan fingerprint density at radius 1 is 1.04 bits per heavy atom. The highest BCUT2D eigenvalue weighted by molar-refractivity contribution is 6.16. The molecule has 26 heavy (non-hydrogen) atoms. The zero-order chi connectivity index (χ0) is 18.5. The maximum atomic E-state index is 12.2. The van der Waals surface area contributed by atoms with Crippen molar-refractivity contribution in [3.8, 4) is 0 Å². The molecule has 0 aliphatic carbocycles. The summed E-state index contributed by atoms with van der Waals surface area (Å²) in [6.07, 6.45) is 1.52. The van der Waals surface area contributed by atoms with Crippen LogP contribution in [0.1, 0.15) is 15.9 Å². The van der Waals surface area contributed by atoms with Gasteiger partial charge >= 0.3 is 0 Å². The van der Waals surface area contributed by atoms with Gasteiger partial charge in [0.25, 0.3) is 0 Å². The number of rotatable bonds is 4. The van der Waals surface area contributed by atoms with Crippen molar-refractivity contribution in [1.82, 2.24) is 15.3 Å². The second-order valence-corrected chi connectivity index (χ2v) is 5.40. The number of nitrogens with zero attached hydrogens (tertiary/aromatic N) is 3. The molecule has 8 nitrogen and oxygen atoms in total. The predicted molar refractivity (Wildman–Crippen MR) is 102 cm³/mol. The third-order valence-corrected chi connectivity index (χ3v) is 3.52. The van der Waals surface area contributed by atoms with Crippen molar-refractivity contribution in [3.05, 3.63) is 77.3 Å². The summed E-state index contributed by atoms with van der Waals surface area (Å²) in [5.41, 5.74) is 13.1. The zero-order valence-corrected chi connectivity index (χ0v) is 13.7. The lowest BCUT2D eigenvalue weighted by atomic mass is 10.1. The maximum Gasteiger partial charge on any atom is 0.221 e. The van der Waals surface area contributed by atoms with Crippen LogP contribution in [-0.4, -0.2) is 21.7 Å². The van der Waals surface area contributed by atoms with Crippen molar-refractivity contribution in [2.45, 2.75) is 0 Å². The smallest absolute Gasteiger partial charge is 0.221 e. The molecule has 1 aromatic heterocycles. The van der Waals surface area contributed by atoms with Crippen molar-refractivity contribution < 1.29 is 4.79 Å². The van der Waals surface area contributed by atoms with Crippen LogP contribution >= 0.6 is 0 Å². The van der Waals surface area contributed by atoms with Gasteiger partial charge in [-0.3, -0.25) is 4.79 Å². The first kappa shape index (κ1) is 16.9. The van der Waals surface area contributed by atoms with E-state index >= 15 is 0 Å². The maximum absolute atomic E-state index is 12.2. The summed E-state index contributed by atoms with van der Waals surface area (Å²) in [6.45, 7) is 0. The molecular formula is C18H16N7O-. The highest BCUT2D eigenvalue weighted by Gasteiger charge is 2.07. The lowest BCUT2D eigenvalue weighted by Gasteiger charge is -2.18. The lowest BCUT2D eigenvalue weighted by Crippen LogP contribution is -2.30. The van der Waals surface area contributed by atoms with Crippen LogP contribution in [0.3, 0.4) is 0 Å². The van der Waals surface area contributed by atoms with E-state index in [9.17, 15) is 10.2 Å². The average Bonchev–Trinajstić information content (AvgIpc) is 2.64. The molecule has 0 unspecified atom stereocenters. The van der Waals surface area contributed by atoms with E-state index in [-0.39, 0.29) is 17.3 Å². The molecule has 8 heteroatoms. The van der Waals surface area contributed by atoms with Gasteiger partial charge in [0.15, 0.2) is 5.91 Å². The topological polar surface area (TPSA) is 141 Å². The average molecular weight is 346 g/mol. The van der Waals surface area contributed by atoms with Crippen molar-refractivity contribution in [3.63, 3.8) is 0 Å². The molecule has 0 spiro atoms. The number of carbonyl (C=O) groups is 1. The van der Waals surface area contributed by atoms with Crippen LogP contribution in [-0.2, 0) is 0 Å². The summed E-state index contributed by atoms with van der Waals surface area (Å²) >= 11 is 0. The van der Waals surface area contributed by atoms with E-state index in [1.165, 1.54) is 6.20 Å². The van der Waals surface area contributed by atoms with Crippen LogP contribution in [0.4, 0.5) is 23.1 Å². The van der Waals surface area contributed by atoms with Gasteiger partial charge in [0.1, 0.15) is 5.82 Å². The van der Waals surface area contributed by atoms with Gasteiger partial charge in [-0.25, -0.2) is 4.98 Å². The highest BCUT2D eigenvalue weighted by atomic mass is 16.1. The summed E-state index contributed by atoms with van der Waals surface area (Å²) in [6, 6.07) is 15.1. The normalized spacial score (nSPS) is 10.2. The standard InChI is InChI=1S/C18H16N7O/c19-14-7-6-12(23-15-8-9-22-18(21)24-15)10-13(14)16(20)25-17(26)11-4-2-1-3-5-11/h1-10H,(H6-,19,20,21,22,23,24,25,26)/q-1. The molecule has 2 aromatic carbocycles. The van der Waals surface area contributed by atoms with E-state index in [2.05, 4.69) is 20.6 Å². The summed E-state index contributed by atoms with van der Waals surface area (Å²) in [7, 11) is 0.